The fourth-order valence-corrected chi connectivity index (χ4v) is 2.49. The van der Waals surface area contributed by atoms with E-state index >= 15 is 0 Å². The molecule has 5 nitrogen and oxygen atoms in total. The number of carbonyl (C=O) groups excluding carboxylic acids is 2. The molecule has 0 aliphatic rings. The number of esters is 1. The van der Waals surface area contributed by atoms with Gasteiger partial charge < -0.3 is 14.8 Å². The maximum Gasteiger partial charge on any atom is 0.344 e. The summed E-state index contributed by atoms with van der Waals surface area (Å²) < 4.78 is 10.1. The highest BCUT2D eigenvalue weighted by Gasteiger charge is 2.13. The minimum atomic E-state index is -0.673. The fraction of sp³-hybridized carbons (Fsp3) is 0.222. The molecule has 0 aromatic heterocycles. The highest BCUT2D eigenvalue weighted by Crippen LogP contribution is 2.27. The van der Waals surface area contributed by atoms with Crippen LogP contribution in [0.2, 0.25) is 10.0 Å². The highest BCUT2D eigenvalue weighted by molar-refractivity contribution is 6.35. The van der Waals surface area contributed by atoms with E-state index in [2.05, 4.69) is 5.32 Å². The van der Waals surface area contributed by atoms with E-state index in [9.17, 15) is 9.59 Å². The van der Waals surface area contributed by atoms with Crippen LogP contribution >= 0.6 is 23.2 Å². The van der Waals surface area contributed by atoms with E-state index in [-0.39, 0.29) is 24.3 Å². The number of amides is 1. The predicted octanol–water partition coefficient (Wildman–Crippen LogP) is 3.79. The van der Waals surface area contributed by atoms with Crippen LogP contribution in [0.3, 0.4) is 0 Å². The summed E-state index contributed by atoms with van der Waals surface area (Å²) in [6.07, 6.45) is 0. The highest BCUT2D eigenvalue weighted by atomic mass is 35.5. The first-order chi connectivity index (χ1) is 12.0. The summed E-state index contributed by atoms with van der Waals surface area (Å²) in [7, 11) is 0. The Morgan fingerprint density at radius 3 is 2.48 bits per heavy atom. The first kappa shape index (κ1) is 19.1. The Bertz CT molecular complexity index is 737. The standard InChI is InChI=1S/C18H17Cl2NO4/c1-12(13-5-3-2-4-6-13)21-17(22)10-25-18(23)11-24-16-8-7-14(19)9-15(16)20/h2-9,12H,10-11H2,1H3,(H,21,22). The van der Waals surface area contributed by atoms with Crippen LogP contribution in [0.5, 0.6) is 5.75 Å². The zero-order valence-electron chi connectivity index (χ0n) is 13.5. The van der Waals surface area contributed by atoms with E-state index in [0.717, 1.165) is 5.56 Å². The molecule has 2 rings (SSSR count). The third-order valence-corrected chi connectivity index (χ3v) is 3.81. The van der Waals surface area contributed by atoms with Crippen molar-refractivity contribution in [2.45, 2.75) is 13.0 Å². The maximum absolute atomic E-state index is 11.8. The van der Waals surface area contributed by atoms with E-state index < -0.39 is 11.9 Å². The van der Waals surface area contributed by atoms with Gasteiger partial charge in [-0.3, -0.25) is 4.79 Å². The number of hydrogen-bond donors (Lipinski definition) is 1. The summed E-state index contributed by atoms with van der Waals surface area (Å²) in [5.74, 6) is -0.757. The van der Waals surface area contributed by atoms with Gasteiger partial charge in [-0.15, -0.1) is 0 Å². The van der Waals surface area contributed by atoms with Gasteiger partial charge >= 0.3 is 5.97 Å². The van der Waals surface area contributed by atoms with Crippen LogP contribution in [-0.2, 0) is 14.3 Å². The van der Waals surface area contributed by atoms with Gasteiger partial charge in [0.1, 0.15) is 5.75 Å². The van der Waals surface area contributed by atoms with Crippen molar-refractivity contribution in [3.8, 4) is 5.75 Å². The molecular weight excluding hydrogens is 365 g/mol. The number of nitrogens with one attached hydrogen (secondary N) is 1. The molecule has 0 heterocycles. The lowest BCUT2D eigenvalue weighted by Gasteiger charge is -2.14. The van der Waals surface area contributed by atoms with Crippen LogP contribution in [0.25, 0.3) is 0 Å². The number of ether oxygens (including phenoxy) is 2. The van der Waals surface area contributed by atoms with Gasteiger partial charge in [-0.25, -0.2) is 4.79 Å². The molecule has 7 heteroatoms. The number of rotatable bonds is 7. The average Bonchev–Trinajstić information content (AvgIpc) is 2.60. The molecule has 25 heavy (non-hydrogen) atoms. The van der Waals surface area contributed by atoms with Gasteiger partial charge in [0.2, 0.25) is 0 Å². The van der Waals surface area contributed by atoms with E-state index in [1.165, 1.54) is 6.07 Å². The molecule has 1 amide bonds. The van der Waals surface area contributed by atoms with Gasteiger partial charge in [0.15, 0.2) is 13.2 Å². The van der Waals surface area contributed by atoms with Crippen molar-refractivity contribution in [2.75, 3.05) is 13.2 Å². The molecule has 0 radical (unpaired) electrons. The van der Waals surface area contributed by atoms with Crippen LogP contribution < -0.4 is 10.1 Å². The average molecular weight is 382 g/mol. The minimum absolute atomic E-state index is 0.184. The van der Waals surface area contributed by atoms with E-state index in [0.29, 0.717) is 10.8 Å². The summed E-state index contributed by atoms with van der Waals surface area (Å²) in [6, 6.07) is 13.9. The van der Waals surface area contributed by atoms with Crippen molar-refractivity contribution < 1.29 is 19.1 Å². The lowest BCUT2D eigenvalue weighted by atomic mass is 10.1. The first-order valence-corrected chi connectivity index (χ1v) is 8.29. The topological polar surface area (TPSA) is 64.6 Å². The summed E-state index contributed by atoms with van der Waals surface area (Å²) in [6.45, 7) is 1.11. The summed E-state index contributed by atoms with van der Waals surface area (Å²) in [5, 5.41) is 3.50. The van der Waals surface area contributed by atoms with Crippen LogP contribution in [0.1, 0.15) is 18.5 Å². The third kappa shape index (κ3) is 6.29. The van der Waals surface area contributed by atoms with Gasteiger partial charge in [-0.2, -0.15) is 0 Å². The molecular formula is C18H17Cl2NO4. The SMILES string of the molecule is CC(NC(=O)COC(=O)COc1ccc(Cl)cc1Cl)c1ccccc1. The van der Waals surface area contributed by atoms with E-state index in [1.807, 2.05) is 37.3 Å². The van der Waals surface area contributed by atoms with Gasteiger partial charge in [-0.1, -0.05) is 53.5 Å². The molecule has 0 fully saturated rings. The zero-order chi connectivity index (χ0) is 18.2. The van der Waals surface area contributed by atoms with Crippen LogP contribution in [-0.4, -0.2) is 25.1 Å². The molecule has 2 aromatic carbocycles. The molecule has 0 aliphatic carbocycles. The zero-order valence-corrected chi connectivity index (χ0v) is 15.0. The Morgan fingerprint density at radius 2 is 1.80 bits per heavy atom. The number of benzene rings is 2. The van der Waals surface area contributed by atoms with E-state index in [1.54, 1.807) is 12.1 Å². The first-order valence-electron chi connectivity index (χ1n) is 7.53. The molecule has 0 spiro atoms. The van der Waals surface area contributed by atoms with Gasteiger partial charge in [0.05, 0.1) is 11.1 Å². The number of hydrogen-bond acceptors (Lipinski definition) is 4. The number of carbonyl (C=O) groups is 2. The van der Waals surface area contributed by atoms with Crippen molar-refractivity contribution in [2.24, 2.45) is 0 Å². The van der Waals surface area contributed by atoms with Gasteiger partial charge in [-0.05, 0) is 30.7 Å². The van der Waals surface area contributed by atoms with Crippen molar-refractivity contribution in [3.63, 3.8) is 0 Å². The molecule has 0 bridgehead atoms. The lowest BCUT2D eigenvalue weighted by molar-refractivity contribution is -0.150. The lowest BCUT2D eigenvalue weighted by Crippen LogP contribution is -2.31. The Labute approximate surface area is 155 Å². The van der Waals surface area contributed by atoms with Gasteiger partial charge in [0, 0.05) is 5.02 Å². The third-order valence-electron chi connectivity index (χ3n) is 3.28. The molecule has 0 saturated heterocycles. The van der Waals surface area contributed by atoms with Crippen LogP contribution in [0, 0.1) is 0 Å². The monoisotopic (exact) mass is 381 g/mol. The second-order valence-corrected chi connectivity index (χ2v) is 6.07. The molecule has 2 aromatic rings. The second-order valence-electron chi connectivity index (χ2n) is 5.22. The summed E-state index contributed by atoms with van der Waals surface area (Å²) >= 11 is 11.7. The second kappa shape index (κ2) is 9.30. The molecule has 1 atom stereocenters. The summed E-state index contributed by atoms with van der Waals surface area (Å²) in [4.78, 5) is 23.5. The number of halogens is 2. The van der Waals surface area contributed by atoms with Crippen LogP contribution in [0.4, 0.5) is 0 Å². The van der Waals surface area contributed by atoms with Crippen molar-refractivity contribution in [3.05, 3.63) is 64.1 Å². The fourth-order valence-electron chi connectivity index (χ4n) is 2.02. The smallest absolute Gasteiger partial charge is 0.344 e. The quantitative estimate of drug-likeness (QED) is 0.740. The largest absolute Gasteiger partial charge is 0.480 e. The molecule has 1 N–H and O–H groups in total. The van der Waals surface area contributed by atoms with Crippen molar-refractivity contribution in [1.29, 1.82) is 0 Å². The maximum atomic E-state index is 11.8. The summed E-state index contributed by atoms with van der Waals surface area (Å²) in [5.41, 5.74) is 0.961. The van der Waals surface area contributed by atoms with Crippen molar-refractivity contribution in [1.82, 2.24) is 5.32 Å². The Hall–Kier alpha value is -2.24. The molecule has 0 aliphatic heterocycles. The van der Waals surface area contributed by atoms with Crippen molar-refractivity contribution >= 4 is 35.1 Å². The normalized spacial score (nSPS) is 11.5. The predicted molar refractivity (Wildman–Crippen MR) is 95.9 cm³/mol. The Balaban J connectivity index is 1.73. The Morgan fingerprint density at radius 1 is 1.08 bits per heavy atom. The molecule has 0 saturated carbocycles. The van der Waals surface area contributed by atoms with E-state index in [4.69, 9.17) is 32.7 Å². The van der Waals surface area contributed by atoms with Crippen LogP contribution in [0.15, 0.2) is 48.5 Å². The Kier molecular flexibility index (Phi) is 7.10. The minimum Gasteiger partial charge on any atom is -0.480 e. The molecule has 1 unspecified atom stereocenters. The van der Waals surface area contributed by atoms with Gasteiger partial charge in [0.25, 0.3) is 5.91 Å². The molecule has 132 valence electrons.